The number of carbonyl (C=O) groups is 2. The third-order valence-electron chi connectivity index (χ3n) is 3.37. The molecule has 0 heterocycles. The molecule has 74 valence electrons. The minimum absolute atomic E-state index is 0.0453. The standard InChI is InChI=1S/C10H15ClO2/c1-6(12)8-4-7(5-9(11)13)10(8,2)3/h7-8H,4-5H2,1-3H3/t7-,8+/m0/s1. The summed E-state index contributed by atoms with van der Waals surface area (Å²) in [4.78, 5) is 21.8. The van der Waals surface area contributed by atoms with Crippen LogP contribution in [0.4, 0.5) is 0 Å². The summed E-state index contributed by atoms with van der Waals surface area (Å²) in [5.74, 6) is 0.628. The first kappa shape index (κ1) is 10.7. The van der Waals surface area contributed by atoms with Crippen LogP contribution in [0.1, 0.15) is 33.6 Å². The largest absolute Gasteiger partial charge is 0.300 e. The van der Waals surface area contributed by atoms with Gasteiger partial charge in [-0.15, -0.1) is 0 Å². The second-order valence-electron chi connectivity index (χ2n) is 4.48. The summed E-state index contributed by atoms with van der Waals surface area (Å²) in [5, 5.41) is -0.292. The number of hydrogen-bond donors (Lipinski definition) is 0. The number of carbonyl (C=O) groups excluding carboxylic acids is 2. The SMILES string of the molecule is CC(=O)[C@H]1C[C@@H](CC(=O)Cl)C1(C)C. The average molecular weight is 203 g/mol. The van der Waals surface area contributed by atoms with Crippen molar-refractivity contribution in [3.63, 3.8) is 0 Å². The van der Waals surface area contributed by atoms with Crippen molar-refractivity contribution in [2.45, 2.75) is 33.6 Å². The first-order valence-corrected chi connectivity index (χ1v) is 4.92. The third kappa shape index (κ3) is 1.93. The summed E-state index contributed by atoms with van der Waals surface area (Å²) in [5.41, 5.74) is -0.0453. The molecule has 2 nitrogen and oxygen atoms in total. The van der Waals surface area contributed by atoms with Crippen molar-refractivity contribution >= 4 is 22.6 Å². The molecule has 0 aromatic carbocycles. The molecule has 1 fully saturated rings. The summed E-state index contributed by atoms with van der Waals surface area (Å²) in [7, 11) is 0. The van der Waals surface area contributed by atoms with E-state index in [0.29, 0.717) is 6.42 Å². The van der Waals surface area contributed by atoms with Crippen molar-refractivity contribution in [1.82, 2.24) is 0 Å². The Balaban J connectivity index is 2.59. The molecule has 0 amide bonds. The maximum Gasteiger partial charge on any atom is 0.221 e. The Hall–Kier alpha value is -0.370. The van der Waals surface area contributed by atoms with Crippen LogP contribution in [0.5, 0.6) is 0 Å². The van der Waals surface area contributed by atoms with Crippen LogP contribution in [-0.4, -0.2) is 11.0 Å². The Labute approximate surface area is 83.6 Å². The highest BCUT2D eigenvalue weighted by Gasteiger charge is 2.50. The van der Waals surface area contributed by atoms with Crippen LogP contribution in [-0.2, 0) is 9.59 Å². The van der Waals surface area contributed by atoms with Gasteiger partial charge in [0, 0.05) is 12.3 Å². The minimum atomic E-state index is -0.292. The number of Topliss-reactive ketones (excluding diaryl/α,β-unsaturated/α-hetero) is 1. The predicted molar refractivity (Wildman–Crippen MR) is 51.5 cm³/mol. The fourth-order valence-corrected chi connectivity index (χ4v) is 2.43. The van der Waals surface area contributed by atoms with Gasteiger partial charge in [-0.2, -0.15) is 0 Å². The number of halogens is 1. The predicted octanol–water partition coefficient (Wildman–Crippen LogP) is 2.39. The Bertz CT molecular complexity index is 245. The van der Waals surface area contributed by atoms with E-state index < -0.39 is 0 Å². The summed E-state index contributed by atoms with van der Waals surface area (Å²) < 4.78 is 0. The molecule has 13 heavy (non-hydrogen) atoms. The minimum Gasteiger partial charge on any atom is -0.300 e. The molecule has 2 atom stereocenters. The zero-order valence-electron chi connectivity index (χ0n) is 8.26. The molecule has 1 aliphatic rings. The molecule has 0 unspecified atom stereocenters. The second kappa shape index (κ2) is 3.41. The monoisotopic (exact) mass is 202 g/mol. The molecule has 0 saturated heterocycles. The molecule has 1 rings (SSSR count). The fourth-order valence-electron chi connectivity index (χ4n) is 2.25. The van der Waals surface area contributed by atoms with E-state index in [1.54, 1.807) is 6.92 Å². The quantitative estimate of drug-likeness (QED) is 0.659. The van der Waals surface area contributed by atoms with Gasteiger partial charge in [0.25, 0.3) is 0 Å². The number of hydrogen-bond acceptors (Lipinski definition) is 2. The van der Waals surface area contributed by atoms with E-state index in [0.717, 1.165) is 6.42 Å². The molecule has 0 aromatic heterocycles. The normalized spacial score (nSPS) is 30.8. The van der Waals surface area contributed by atoms with Crippen LogP contribution in [0.25, 0.3) is 0 Å². The van der Waals surface area contributed by atoms with E-state index in [4.69, 9.17) is 11.6 Å². The van der Waals surface area contributed by atoms with E-state index >= 15 is 0 Å². The molecular formula is C10H15ClO2. The van der Waals surface area contributed by atoms with E-state index in [2.05, 4.69) is 0 Å². The highest BCUT2D eigenvalue weighted by molar-refractivity contribution is 6.63. The number of ketones is 1. The molecule has 3 heteroatoms. The van der Waals surface area contributed by atoms with Gasteiger partial charge in [-0.3, -0.25) is 9.59 Å². The molecule has 1 saturated carbocycles. The zero-order chi connectivity index (χ0) is 10.2. The first-order chi connectivity index (χ1) is 5.85. The van der Waals surface area contributed by atoms with Crippen LogP contribution in [0.2, 0.25) is 0 Å². The Kier molecular flexibility index (Phi) is 2.81. The maximum atomic E-state index is 11.2. The van der Waals surface area contributed by atoms with Gasteiger partial charge in [-0.25, -0.2) is 0 Å². The van der Waals surface area contributed by atoms with Gasteiger partial charge in [-0.1, -0.05) is 13.8 Å². The van der Waals surface area contributed by atoms with Gasteiger partial charge in [0.15, 0.2) is 0 Å². The lowest BCUT2D eigenvalue weighted by atomic mass is 9.53. The van der Waals surface area contributed by atoms with Crippen molar-refractivity contribution in [3.05, 3.63) is 0 Å². The van der Waals surface area contributed by atoms with E-state index in [9.17, 15) is 9.59 Å². The highest BCUT2D eigenvalue weighted by Crippen LogP contribution is 2.53. The van der Waals surface area contributed by atoms with Gasteiger partial charge in [0.05, 0.1) is 0 Å². The van der Waals surface area contributed by atoms with E-state index in [1.807, 2.05) is 13.8 Å². The summed E-state index contributed by atoms with van der Waals surface area (Å²) in [6, 6.07) is 0. The topological polar surface area (TPSA) is 34.1 Å². The Morgan fingerprint density at radius 2 is 2.00 bits per heavy atom. The lowest BCUT2D eigenvalue weighted by Crippen LogP contribution is -2.48. The number of rotatable bonds is 3. The summed E-state index contributed by atoms with van der Waals surface area (Å²) in [6.07, 6.45) is 1.22. The van der Waals surface area contributed by atoms with Crippen LogP contribution in [0, 0.1) is 17.3 Å². The smallest absolute Gasteiger partial charge is 0.221 e. The Morgan fingerprint density at radius 1 is 1.46 bits per heavy atom. The summed E-state index contributed by atoms with van der Waals surface area (Å²) in [6.45, 7) is 5.69. The van der Waals surface area contributed by atoms with Crippen LogP contribution in [0.15, 0.2) is 0 Å². The zero-order valence-corrected chi connectivity index (χ0v) is 9.02. The van der Waals surface area contributed by atoms with Gasteiger partial charge in [0.1, 0.15) is 5.78 Å². The fraction of sp³-hybridized carbons (Fsp3) is 0.800. The van der Waals surface area contributed by atoms with Crippen LogP contribution in [0.3, 0.4) is 0 Å². The summed E-state index contributed by atoms with van der Waals surface area (Å²) >= 11 is 5.32. The first-order valence-electron chi connectivity index (χ1n) is 4.54. The van der Waals surface area contributed by atoms with Crippen molar-refractivity contribution < 1.29 is 9.59 Å². The maximum absolute atomic E-state index is 11.2. The van der Waals surface area contributed by atoms with Crippen molar-refractivity contribution in [2.24, 2.45) is 17.3 Å². The Morgan fingerprint density at radius 3 is 2.31 bits per heavy atom. The van der Waals surface area contributed by atoms with Gasteiger partial charge < -0.3 is 0 Å². The second-order valence-corrected chi connectivity index (χ2v) is 4.90. The molecule has 0 spiro atoms. The van der Waals surface area contributed by atoms with Gasteiger partial charge >= 0.3 is 0 Å². The van der Waals surface area contributed by atoms with Crippen molar-refractivity contribution in [3.8, 4) is 0 Å². The molecular weight excluding hydrogens is 188 g/mol. The van der Waals surface area contributed by atoms with E-state index in [1.165, 1.54) is 0 Å². The highest BCUT2D eigenvalue weighted by atomic mass is 35.5. The molecule has 0 aromatic rings. The van der Waals surface area contributed by atoms with Crippen LogP contribution < -0.4 is 0 Å². The molecule has 0 aliphatic heterocycles. The van der Waals surface area contributed by atoms with Crippen molar-refractivity contribution in [2.75, 3.05) is 0 Å². The molecule has 0 N–H and O–H groups in total. The lowest BCUT2D eigenvalue weighted by Gasteiger charge is -2.50. The van der Waals surface area contributed by atoms with Crippen LogP contribution >= 0.6 is 11.6 Å². The van der Waals surface area contributed by atoms with E-state index in [-0.39, 0.29) is 28.3 Å². The lowest BCUT2D eigenvalue weighted by molar-refractivity contribution is -0.138. The van der Waals surface area contributed by atoms with Gasteiger partial charge in [0.2, 0.25) is 5.24 Å². The molecule has 0 radical (unpaired) electrons. The molecule has 0 bridgehead atoms. The average Bonchev–Trinajstić information content (AvgIpc) is 1.96. The molecule has 1 aliphatic carbocycles. The third-order valence-corrected chi connectivity index (χ3v) is 3.52. The van der Waals surface area contributed by atoms with Crippen molar-refractivity contribution in [1.29, 1.82) is 0 Å². The van der Waals surface area contributed by atoms with Gasteiger partial charge in [-0.05, 0) is 36.3 Å².